The number of likely N-dealkylation sites (N-methyl/N-ethyl adjacent to an activating group) is 1. The highest BCUT2D eigenvalue weighted by Crippen LogP contribution is 2.11. The van der Waals surface area contributed by atoms with E-state index in [1.54, 1.807) is 7.05 Å². The highest BCUT2D eigenvalue weighted by atomic mass is 32.1. The van der Waals surface area contributed by atoms with Crippen LogP contribution in [-0.4, -0.2) is 36.0 Å². The van der Waals surface area contributed by atoms with Crippen molar-refractivity contribution in [3.05, 3.63) is 29.8 Å². The molecule has 96 valence electrons. The van der Waals surface area contributed by atoms with E-state index < -0.39 is 0 Å². The summed E-state index contributed by atoms with van der Waals surface area (Å²) in [6, 6.07) is 7.86. The van der Waals surface area contributed by atoms with E-state index in [1.165, 1.54) is 5.56 Å². The van der Waals surface area contributed by atoms with Crippen molar-refractivity contribution in [2.75, 3.05) is 25.5 Å². The van der Waals surface area contributed by atoms with Crippen molar-refractivity contribution in [2.24, 2.45) is 0 Å². The lowest BCUT2D eigenvalue weighted by Crippen LogP contribution is -2.59. The Labute approximate surface area is 111 Å². The normalized spacial score (nSPS) is 22.4. The molecule has 0 saturated carbocycles. The largest absolute Gasteiger partial charge is 0.541 e. The first kappa shape index (κ1) is 12.8. The van der Waals surface area contributed by atoms with Gasteiger partial charge >= 0.3 is 6.09 Å². The van der Waals surface area contributed by atoms with Gasteiger partial charge < -0.3 is 10.1 Å². The number of hydrogen-bond acceptors (Lipinski definition) is 3. The molecule has 1 aliphatic rings. The van der Waals surface area contributed by atoms with Crippen molar-refractivity contribution in [2.45, 2.75) is 6.92 Å². The van der Waals surface area contributed by atoms with Crippen molar-refractivity contribution in [1.82, 2.24) is 5.43 Å². The van der Waals surface area contributed by atoms with Crippen molar-refractivity contribution in [3.8, 4) is 0 Å². The molecule has 0 spiro atoms. The summed E-state index contributed by atoms with van der Waals surface area (Å²) in [6.45, 7) is 3.00. The molecule has 1 aromatic carbocycles. The first-order valence-electron chi connectivity index (χ1n) is 5.68. The Morgan fingerprint density at radius 3 is 2.61 bits per heavy atom. The number of anilines is 1. The second-order valence-electron chi connectivity index (χ2n) is 4.46. The van der Waals surface area contributed by atoms with Gasteiger partial charge in [0.2, 0.25) is 5.11 Å². The van der Waals surface area contributed by atoms with Crippen LogP contribution in [0.5, 0.6) is 0 Å². The van der Waals surface area contributed by atoms with Crippen LogP contribution >= 0.6 is 12.2 Å². The summed E-state index contributed by atoms with van der Waals surface area (Å²) in [5.41, 5.74) is 5.02. The molecule has 1 saturated heterocycles. The lowest BCUT2D eigenvalue weighted by atomic mass is 10.2. The summed E-state index contributed by atoms with van der Waals surface area (Å²) < 4.78 is 4.89. The average Bonchev–Trinajstić information content (AvgIpc) is 2.62. The second kappa shape index (κ2) is 4.91. The molecular weight excluding hydrogens is 250 g/mol. The molecule has 1 fully saturated rings. The van der Waals surface area contributed by atoms with E-state index in [0.29, 0.717) is 18.3 Å². The molecule has 1 aliphatic heterocycles. The number of rotatable bonds is 2. The molecule has 5 nitrogen and oxygen atoms in total. The van der Waals surface area contributed by atoms with E-state index in [2.05, 4.69) is 10.7 Å². The van der Waals surface area contributed by atoms with Crippen LogP contribution in [-0.2, 0) is 4.74 Å². The van der Waals surface area contributed by atoms with Gasteiger partial charge in [-0.3, -0.25) is 0 Å². The number of nitrogens with one attached hydrogen (secondary N) is 2. The fourth-order valence-electron chi connectivity index (χ4n) is 1.67. The number of nitrogens with zero attached hydrogens (tertiary/aromatic N) is 1. The summed E-state index contributed by atoms with van der Waals surface area (Å²) in [7, 11) is 1.73. The topological polar surface area (TPSA) is 50.4 Å². The van der Waals surface area contributed by atoms with Gasteiger partial charge in [0.05, 0.1) is 0 Å². The number of thiocarbonyl (C=S) groups is 1. The van der Waals surface area contributed by atoms with Gasteiger partial charge in [-0.15, -0.1) is 4.59 Å². The molecule has 1 atom stereocenters. The average molecular weight is 266 g/mol. The molecule has 2 rings (SSSR count). The van der Waals surface area contributed by atoms with Gasteiger partial charge in [-0.1, -0.05) is 17.7 Å². The predicted molar refractivity (Wildman–Crippen MR) is 72.9 cm³/mol. The summed E-state index contributed by atoms with van der Waals surface area (Å²) in [5, 5.41) is 3.44. The third-order valence-corrected chi connectivity index (χ3v) is 3.02. The minimum absolute atomic E-state index is 0.0301. The van der Waals surface area contributed by atoms with E-state index in [1.807, 2.05) is 31.2 Å². The zero-order chi connectivity index (χ0) is 13.2. The Morgan fingerprint density at radius 1 is 1.39 bits per heavy atom. The SMILES string of the molecule is Cc1ccc(NC(=S)N[N+]2(C)CCOC2=O)cc1. The highest BCUT2D eigenvalue weighted by Gasteiger charge is 2.41. The van der Waals surface area contributed by atoms with Gasteiger partial charge in [0, 0.05) is 5.69 Å². The molecule has 0 radical (unpaired) electrons. The van der Waals surface area contributed by atoms with Crippen LogP contribution in [0, 0.1) is 6.92 Å². The highest BCUT2D eigenvalue weighted by molar-refractivity contribution is 7.80. The summed E-state index contributed by atoms with van der Waals surface area (Å²) in [6.07, 6.45) is -0.317. The molecule has 1 aromatic rings. The number of carbonyl (C=O) groups excluding carboxylic acids is 1. The summed E-state index contributed by atoms with van der Waals surface area (Å²) >= 11 is 5.18. The molecule has 18 heavy (non-hydrogen) atoms. The van der Waals surface area contributed by atoms with Gasteiger partial charge in [-0.05, 0) is 31.3 Å². The third-order valence-electron chi connectivity index (χ3n) is 2.82. The molecule has 1 heterocycles. The van der Waals surface area contributed by atoms with Crippen LogP contribution in [0.1, 0.15) is 5.56 Å². The molecule has 6 heteroatoms. The van der Waals surface area contributed by atoms with Crippen LogP contribution < -0.4 is 10.7 Å². The number of aryl methyl sites for hydroxylation is 1. The smallest absolute Gasteiger partial charge is 0.412 e. The van der Waals surface area contributed by atoms with Gasteiger partial charge in [-0.2, -0.15) is 10.2 Å². The Morgan fingerprint density at radius 2 is 2.06 bits per heavy atom. The van der Waals surface area contributed by atoms with Gasteiger partial charge in [0.25, 0.3) is 0 Å². The lowest BCUT2D eigenvalue weighted by molar-refractivity contribution is -0.857. The van der Waals surface area contributed by atoms with Crippen LogP contribution in [0.25, 0.3) is 0 Å². The Kier molecular flexibility index (Phi) is 3.49. The Hall–Kier alpha value is -1.66. The standard InChI is InChI=1S/C12H15N3O2S/c1-9-3-5-10(6-4-9)13-11(18)14-15(2)7-8-17-12(15)16/h3-6H,7-8H2,1-2H3,(H-,13,14,18)/p+1. The van der Waals surface area contributed by atoms with Crippen molar-refractivity contribution >= 4 is 29.1 Å². The van der Waals surface area contributed by atoms with Crippen LogP contribution in [0.15, 0.2) is 24.3 Å². The zero-order valence-corrected chi connectivity index (χ0v) is 11.2. The second-order valence-corrected chi connectivity index (χ2v) is 4.87. The van der Waals surface area contributed by atoms with Crippen molar-refractivity contribution in [3.63, 3.8) is 0 Å². The zero-order valence-electron chi connectivity index (χ0n) is 10.4. The van der Waals surface area contributed by atoms with E-state index >= 15 is 0 Å². The van der Waals surface area contributed by atoms with Crippen molar-refractivity contribution in [1.29, 1.82) is 0 Å². The number of cyclic esters (lactones) is 1. The van der Waals surface area contributed by atoms with Gasteiger partial charge in [-0.25, -0.2) is 0 Å². The van der Waals surface area contributed by atoms with E-state index in [0.717, 1.165) is 5.69 Å². The Bertz CT molecular complexity index is 475. The first-order chi connectivity index (χ1) is 8.49. The fraction of sp³-hybridized carbons (Fsp3) is 0.333. The molecule has 1 amide bonds. The minimum atomic E-state index is -0.317. The monoisotopic (exact) mass is 266 g/mol. The van der Waals surface area contributed by atoms with Crippen molar-refractivity contribution < 1.29 is 14.1 Å². The van der Waals surface area contributed by atoms with Gasteiger partial charge in [0.1, 0.15) is 20.2 Å². The minimum Gasteiger partial charge on any atom is -0.412 e. The summed E-state index contributed by atoms with van der Waals surface area (Å²) in [5.74, 6) is 0. The number of carbonyl (C=O) groups is 1. The van der Waals surface area contributed by atoms with E-state index in [9.17, 15) is 4.79 Å². The van der Waals surface area contributed by atoms with E-state index in [4.69, 9.17) is 17.0 Å². The molecule has 0 aliphatic carbocycles. The fourth-order valence-corrected chi connectivity index (χ4v) is 1.99. The number of ether oxygens (including phenoxy) is 1. The quantitative estimate of drug-likeness (QED) is 0.631. The van der Waals surface area contributed by atoms with Crippen LogP contribution in [0.3, 0.4) is 0 Å². The maximum absolute atomic E-state index is 11.5. The maximum atomic E-state index is 11.5. The van der Waals surface area contributed by atoms with E-state index in [-0.39, 0.29) is 10.7 Å². The molecule has 0 aromatic heterocycles. The number of hydrogen-bond donors (Lipinski definition) is 2. The molecule has 0 bridgehead atoms. The van der Waals surface area contributed by atoms with Gasteiger partial charge in [0.15, 0.2) is 0 Å². The Balaban J connectivity index is 1.96. The molecular formula is C12H16N3O2S+. The first-order valence-corrected chi connectivity index (χ1v) is 6.09. The number of quaternary nitrogens is 1. The number of amides is 1. The summed E-state index contributed by atoms with van der Waals surface area (Å²) in [4.78, 5) is 11.5. The van der Waals surface area contributed by atoms with Crippen LogP contribution in [0.4, 0.5) is 10.5 Å². The van der Waals surface area contributed by atoms with Crippen LogP contribution in [0.2, 0.25) is 0 Å². The molecule has 1 unspecified atom stereocenters. The third kappa shape index (κ3) is 2.77. The maximum Gasteiger partial charge on any atom is 0.541 e. The number of benzene rings is 1. The molecule has 2 N–H and O–H groups in total. The predicted octanol–water partition coefficient (Wildman–Crippen LogP) is 1.79. The lowest BCUT2D eigenvalue weighted by Gasteiger charge is -2.24.